The normalized spacial score (nSPS) is 16.8. The highest BCUT2D eigenvalue weighted by Crippen LogP contribution is 2.40. The van der Waals surface area contributed by atoms with Gasteiger partial charge in [0.2, 0.25) is 0 Å². The van der Waals surface area contributed by atoms with Gasteiger partial charge in [0.15, 0.2) is 0 Å². The van der Waals surface area contributed by atoms with Gasteiger partial charge in [0.25, 0.3) is 5.91 Å². The van der Waals surface area contributed by atoms with Crippen LogP contribution in [0.15, 0.2) is 60.9 Å². The summed E-state index contributed by atoms with van der Waals surface area (Å²) >= 11 is 1.58. The number of aromatic nitrogens is 2. The minimum Gasteiger partial charge on any atom is -0.354 e. The average molecular weight is 435 g/mol. The number of nitrogens with one attached hydrogen (secondary N) is 1. The van der Waals surface area contributed by atoms with Crippen molar-refractivity contribution in [2.75, 3.05) is 20.1 Å². The Labute approximate surface area is 184 Å². The Morgan fingerprint density at radius 1 is 1.23 bits per heavy atom. The molecule has 1 fully saturated rings. The van der Waals surface area contributed by atoms with Gasteiger partial charge in [-0.1, -0.05) is 18.2 Å². The Hall–Kier alpha value is -3.03. The molecule has 1 saturated heterocycles. The topological polar surface area (TPSA) is 50.2 Å². The molecule has 1 amide bonds. The van der Waals surface area contributed by atoms with Gasteiger partial charge in [-0.05, 0) is 54.2 Å². The van der Waals surface area contributed by atoms with Crippen molar-refractivity contribution in [2.45, 2.75) is 18.9 Å². The maximum absolute atomic E-state index is 13.2. The van der Waals surface area contributed by atoms with Crippen LogP contribution >= 0.6 is 11.3 Å². The molecule has 0 radical (unpaired) electrons. The molecule has 1 aliphatic heterocycles. The molecule has 1 atom stereocenters. The van der Waals surface area contributed by atoms with E-state index in [4.69, 9.17) is 0 Å². The highest BCUT2D eigenvalue weighted by molar-refractivity contribution is 7.21. The minimum absolute atomic E-state index is 0.00442. The lowest BCUT2D eigenvalue weighted by atomic mass is 9.95. The van der Waals surface area contributed by atoms with Crippen molar-refractivity contribution in [3.8, 4) is 5.69 Å². The molecular weight excluding hydrogens is 411 g/mol. The molecule has 5 rings (SSSR count). The van der Waals surface area contributed by atoms with Gasteiger partial charge in [-0.25, -0.2) is 9.07 Å². The summed E-state index contributed by atoms with van der Waals surface area (Å²) in [6, 6.07) is 14.6. The molecule has 1 unspecified atom stereocenters. The standard InChI is InChI=1S/C24H23FN4OS/c1-26-24(30)23-22(20-4-2-3-5-21(20)31-23)17-10-11-28(15-17)13-16-12-27-29(14-16)19-8-6-18(25)7-9-19/h2-9,12,14,17H,10-11,13,15H2,1H3,(H,26,30). The monoisotopic (exact) mass is 434 g/mol. The number of halogens is 1. The summed E-state index contributed by atoms with van der Waals surface area (Å²) in [7, 11) is 1.69. The second kappa shape index (κ2) is 8.24. The molecule has 4 aromatic rings. The number of rotatable bonds is 5. The van der Waals surface area contributed by atoms with E-state index in [2.05, 4.69) is 27.4 Å². The number of likely N-dealkylation sites (tertiary alicyclic amines) is 1. The van der Waals surface area contributed by atoms with Crippen LogP contribution in [0.3, 0.4) is 0 Å². The highest BCUT2D eigenvalue weighted by atomic mass is 32.1. The molecule has 1 aliphatic rings. The maximum atomic E-state index is 13.2. The summed E-state index contributed by atoms with van der Waals surface area (Å²) in [6.07, 6.45) is 4.89. The number of hydrogen-bond donors (Lipinski definition) is 1. The van der Waals surface area contributed by atoms with Crippen molar-refractivity contribution >= 4 is 27.3 Å². The minimum atomic E-state index is -0.253. The van der Waals surface area contributed by atoms with Crippen LogP contribution in [0.25, 0.3) is 15.8 Å². The largest absolute Gasteiger partial charge is 0.354 e. The number of hydrogen-bond acceptors (Lipinski definition) is 4. The maximum Gasteiger partial charge on any atom is 0.261 e. The third kappa shape index (κ3) is 3.86. The quantitative estimate of drug-likeness (QED) is 0.500. The van der Waals surface area contributed by atoms with Crippen molar-refractivity contribution in [1.29, 1.82) is 0 Å². The predicted octanol–water partition coefficient (Wildman–Crippen LogP) is 4.58. The summed E-state index contributed by atoms with van der Waals surface area (Å²) in [4.78, 5) is 15.8. The third-order valence-electron chi connectivity index (χ3n) is 5.88. The molecule has 2 aromatic carbocycles. The van der Waals surface area contributed by atoms with E-state index in [9.17, 15) is 9.18 Å². The molecule has 158 valence electrons. The van der Waals surface area contributed by atoms with Gasteiger partial charge in [-0.15, -0.1) is 11.3 Å². The Morgan fingerprint density at radius 3 is 2.84 bits per heavy atom. The zero-order chi connectivity index (χ0) is 21.4. The van der Waals surface area contributed by atoms with Crippen LogP contribution in [-0.4, -0.2) is 40.7 Å². The number of carbonyl (C=O) groups is 1. The molecular formula is C24H23FN4OS. The van der Waals surface area contributed by atoms with Gasteiger partial charge in [0.05, 0.1) is 16.8 Å². The van der Waals surface area contributed by atoms with E-state index >= 15 is 0 Å². The second-order valence-electron chi connectivity index (χ2n) is 7.91. The van der Waals surface area contributed by atoms with Crippen LogP contribution in [-0.2, 0) is 6.54 Å². The molecule has 5 nitrogen and oxygen atoms in total. The second-order valence-corrected chi connectivity index (χ2v) is 8.96. The van der Waals surface area contributed by atoms with Gasteiger partial charge in [0, 0.05) is 42.5 Å². The smallest absolute Gasteiger partial charge is 0.261 e. The number of amides is 1. The lowest BCUT2D eigenvalue weighted by molar-refractivity contribution is 0.0966. The molecule has 1 N–H and O–H groups in total. The van der Waals surface area contributed by atoms with E-state index < -0.39 is 0 Å². The lowest BCUT2D eigenvalue weighted by Gasteiger charge is -2.16. The molecule has 0 aliphatic carbocycles. The molecule has 2 aromatic heterocycles. The molecule has 3 heterocycles. The molecule has 7 heteroatoms. The molecule has 31 heavy (non-hydrogen) atoms. The number of nitrogens with zero attached hydrogens (tertiary/aromatic N) is 3. The fraction of sp³-hybridized carbons (Fsp3) is 0.250. The molecule has 0 spiro atoms. The number of thiophene rings is 1. The summed E-state index contributed by atoms with van der Waals surface area (Å²) in [5.41, 5.74) is 3.14. The molecule has 0 bridgehead atoms. The fourth-order valence-corrected chi connectivity index (χ4v) is 5.64. The van der Waals surface area contributed by atoms with Crippen LogP contribution in [0.1, 0.15) is 33.1 Å². The van der Waals surface area contributed by atoms with Crippen molar-refractivity contribution in [2.24, 2.45) is 0 Å². The fourth-order valence-electron chi connectivity index (χ4n) is 4.40. The summed E-state index contributed by atoms with van der Waals surface area (Å²) in [6.45, 7) is 2.69. The first-order valence-corrected chi connectivity index (χ1v) is 11.2. The Balaban J connectivity index is 1.34. The van der Waals surface area contributed by atoms with Crippen LogP contribution in [0.5, 0.6) is 0 Å². The highest BCUT2D eigenvalue weighted by Gasteiger charge is 2.30. The van der Waals surface area contributed by atoms with E-state index in [1.54, 1.807) is 35.2 Å². The predicted molar refractivity (Wildman–Crippen MR) is 121 cm³/mol. The van der Waals surface area contributed by atoms with Crippen LogP contribution in [0.4, 0.5) is 4.39 Å². The molecule has 0 saturated carbocycles. The third-order valence-corrected chi connectivity index (χ3v) is 7.07. The van der Waals surface area contributed by atoms with Crippen molar-refractivity contribution in [3.63, 3.8) is 0 Å². The first-order valence-electron chi connectivity index (χ1n) is 10.4. The van der Waals surface area contributed by atoms with Gasteiger partial charge < -0.3 is 5.32 Å². The zero-order valence-electron chi connectivity index (χ0n) is 17.2. The SMILES string of the molecule is CNC(=O)c1sc2ccccc2c1C1CCN(Cc2cnn(-c3ccc(F)cc3)c2)C1. The first kappa shape index (κ1) is 19.9. The van der Waals surface area contributed by atoms with Gasteiger partial charge in [0.1, 0.15) is 5.82 Å². The lowest BCUT2D eigenvalue weighted by Crippen LogP contribution is -2.21. The average Bonchev–Trinajstić information content (AvgIpc) is 3.52. The Morgan fingerprint density at radius 2 is 2.03 bits per heavy atom. The summed E-state index contributed by atoms with van der Waals surface area (Å²) in [5, 5.41) is 8.43. The van der Waals surface area contributed by atoms with Crippen molar-refractivity contribution in [1.82, 2.24) is 20.0 Å². The van der Waals surface area contributed by atoms with Crippen LogP contribution in [0, 0.1) is 5.82 Å². The number of carbonyl (C=O) groups excluding carboxylic acids is 1. The van der Waals surface area contributed by atoms with Gasteiger partial charge in [-0.3, -0.25) is 9.69 Å². The summed E-state index contributed by atoms with van der Waals surface area (Å²) in [5.74, 6) is 0.0714. The Bertz CT molecular complexity index is 1230. The van der Waals surface area contributed by atoms with Crippen LogP contribution < -0.4 is 5.32 Å². The first-order chi connectivity index (χ1) is 15.1. The van der Waals surface area contributed by atoms with E-state index in [1.165, 1.54) is 23.1 Å². The van der Waals surface area contributed by atoms with E-state index in [-0.39, 0.29) is 11.7 Å². The van der Waals surface area contributed by atoms with Crippen molar-refractivity contribution < 1.29 is 9.18 Å². The van der Waals surface area contributed by atoms with E-state index in [0.29, 0.717) is 5.92 Å². The van der Waals surface area contributed by atoms with Crippen molar-refractivity contribution in [3.05, 3.63) is 82.7 Å². The van der Waals surface area contributed by atoms with E-state index in [1.807, 2.05) is 24.5 Å². The van der Waals surface area contributed by atoms with Gasteiger partial charge in [-0.2, -0.15) is 5.10 Å². The van der Waals surface area contributed by atoms with Crippen LogP contribution in [0.2, 0.25) is 0 Å². The number of benzene rings is 2. The van der Waals surface area contributed by atoms with Gasteiger partial charge >= 0.3 is 0 Å². The number of fused-ring (bicyclic) bond motifs is 1. The Kier molecular flexibility index (Phi) is 5.29. The zero-order valence-corrected chi connectivity index (χ0v) is 18.0. The summed E-state index contributed by atoms with van der Waals surface area (Å²) < 4.78 is 16.1. The van der Waals surface area contributed by atoms with E-state index in [0.717, 1.165) is 46.9 Å².